The third-order valence-corrected chi connectivity index (χ3v) is 4.05. The van der Waals surface area contributed by atoms with Crippen LogP contribution in [0.5, 0.6) is 0 Å². The van der Waals surface area contributed by atoms with Gasteiger partial charge in [0.05, 0.1) is 6.10 Å². The van der Waals surface area contributed by atoms with Crippen LogP contribution in [0.25, 0.3) is 0 Å². The molecule has 0 spiro atoms. The van der Waals surface area contributed by atoms with E-state index in [0.717, 1.165) is 6.42 Å². The van der Waals surface area contributed by atoms with Crippen LogP contribution in [-0.4, -0.2) is 59.8 Å². The van der Waals surface area contributed by atoms with E-state index < -0.39 is 11.6 Å². The largest absolute Gasteiger partial charge is 0.459 e. The molecule has 1 atom stereocenters. The summed E-state index contributed by atoms with van der Waals surface area (Å²) in [7, 11) is 1.89. The van der Waals surface area contributed by atoms with Crippen LogP contribution < -0.4 is 4.90 Å². The zero-order valence-electron chi connectivity index (χ0n) is 16.5. The highest BCUT2D eigenvalue weighted by Crippen LogP contribution is 2.25. The van der Waals surface area contributed by atoms with Crippen LogP contribution in [0.1, 0.15) is 51.4 Å². The normalized spacial score (nSPS) is 17.3. The summed E-state index contributed by atoms with van der Waals surface area (Å²) in [6.45, 7) is 10.3. The molecule has 0 aromatic carbocycles. The van der Waals surface area contributed by atoms with Crippen molar-refractivity contribution in [3.05, 3.63) is 23.9 Å². The molecule has 1 fully saturated rings. The molecule has 0 aliphatic carbocycles. The first-order valence-electron chi connectivity index (χ1n) is 8.95. The zero-order chi connectivity index (χ0) is 19.5. The Bertz CT molecular complexity index is 654. The third kappa shape index (κ3) is 5.09. The molecule has 7 heteroatoms. The first-order valence-corrected chi connectivity index (χ1v) is 8.95. The van der Waals surface area contributed by atoms with Crippen molar-refractivity contribution in [2.75, 3.05) is 25.0 Å². The highest BCUT2D eigenvalue weighted by molar-refractivity contribution is 5.94. The summed E-state index contributed by atoms with van der Waals surface area (Å²) in [6.07, 6.45) is 1.92. The molecule has 2 heterocycles. The Morgan fingerprint density at radius 1 is 1.35 bits per heavy atom. The van der Waals surface area contributed by atoms with Crippen molar-refractivity contribution in [2.45, 2.75) is 58.8 Å². The molecule has 1 saturated heterocycles. The number of amides is 1. The minimum absolute atomic E-state index is 0.0584. The lowest BCUT2D eigenvalue weighted by molar-refractivity contribution is 0.0290. The summed E-state index contributed by atoms with van der Waals surface area (Å²) < 4.78 is 10.8. The van der Waals surface area contributed by atoms with Gasteiger partial charge in [-0.3, -0.25) is 0 Å². The highest BCUT2D eigenvalue weighted by atomic mass is 16.6. The Balaban J connectivity index is 2.10. The molecule has 144 valence electrons. The number of likely N-dealkylation sites (N-methyl/N-ethyl adjacent to an activating group) is 1. The average molecular weight is 363 g/mol. The van der Waals surface area contributed by atoms with Gasteiger partial charge in [0, 0.05) is 32.4 Å². The average Bonchev–Trinajstić information content (AvgIpc) is 3.02. The maximum atomic E-state index is 12.4. The number of esters is 1. The minimum atomic E-state index is -0.518. The molecule has 0 bridgehead atoms. The molecule has 0 N–H and O–H groups in total. The summed E-state index contributed by atoms with van der Waals surface area (Å²) in [5, 5.41) is 0. The van der Waals surface area contributed by atoms with Gasteiger partial charge in [-0.1, -0.05) is 0 Å². The molecular formula is C19H29N3O4. The number of carbonyl (C=O) groups excluding carboxylic acids is 2. The molecule has 1 aliphatic rings. The maximum absolute atomic E-state index is 12.4. The Kier molecular flexibility index (Phi) is 6.10. The number of pyridine rings is 1. The van der Waals surface area contributed by atoms with Crippen LogP contribution in [0.3, 0.4) is 0 Å². The smallest absolute Gasteiger partial charge is 0.410 e. The summed E-state index contributed by atoms with van der Waals surface area (Å²) in [5.74, 6) is 0.172. The van der Waals surface area contributed by atoms with Crippen molar-refractivity contribution in [3.63, 3.8) is 0 Å². The first kappa shape index (κ1) is 20.0. The van der Waals surface area contributed by atoms with Crippen LogP contribution in [0.15, 0.2) is 18.3 Å². The van der Waals surface area contributed by atoms with E-state index in [4.69, 9.17) is 9.47 Å². The fourth-order valence-electron chi connectivity index (χ4n) is 2.84. The quantitative estimate of drug-likeness (QED) is 0.766. The number of aromatic nitrogens is 1. The van der Waals surface area contributed by atoms with E-state index in [1.54, 1.807) is 23.2 Å². The van der Waals surface area contributed by atoms with Crippen molar-refractivity contribution in [1.82, 2.24) is 9.88 Å². The molecule has 1 aromatic rings. The van der Waals surface area contributed by atoms with E-state index in [-0.39, 0.29) is 18.2 Å². The van der Waals surface area contributed by atoms with Gasteiger partial charge in [0.25, 0.3) is 0 Å². The lowest BCUT2D eigenvalue weighted by Crippen LogP contribution is -2.39. The Hall–Kier alpha value is -2.31. The zero-order valence-corrected chi connectivity index (χ0v) is 16.5. The van der Waals surface area contributed by atoms with Crippen molar-refractivity contribution in [1.29, 1.82) is 0 Å². The highest BCUT2D eigenvalue weighted by Gasteiger charge is 2.33. The molecule has 1 aromatic heterocycles. The minimum Gasteiger partial charge on any atom is -0.459 e. The summed E-state index contributed by atoms with van der Waals surface area (Å²) in [5.41, 5.74) is -0.0880. The Morgan fingerprint density at radius 3 is 2.65 bits per heavy atom. The number of carbonyl (C=O) groups is 2. The summed E-state index contributed by atoms with van der Waals surface area (Å²) in [6, 6.07) is 3.49. The topological polar surface area (TPSA) is 72.0 Å². The van der Waals surface area contributed by atoms with Gasteiger partial charge >= 0.3 is 12.1 Å². The number of rotatable bonds is 4. The lowest BCUT2D eigenvalue weighted by Gasteiger charge is -2.28. The summed E-state index contributed by atoms with van der Waals surface area (Å²) in [4.78, 5) is 32.6. The van der Waals surface area contributed by atoms with Crippen molar-refractivity contribution in [3.8, 4) is 0 Å². The van der Waals surface area contributed by atoms with Gasteiger partial charge in [-0.2, -0.15) is 0 Å². The van der Waals surface area contributed by atoms with Crippen LogP contribution in [0.4, 0.5) is 10.6 Å². The standard InChI is InChI=1S/C19H29N3O4/c1-13(2)25-17(23)15-8-7-10-20-16(15)21(6)14-9-11-22(12-14)18(24)26-19(3,4)5/h7-8,10,13-14H,9,11-12H2,1-6H3/t14-/m1/s1. The second kappa shape index (κ2) is 7.93. The van der Waals surface area contributed by atoms with E-state index in [2.05, 4.69) is 4.98 Å². The molecule has 26 heavy (non-hydrogen) atoms. The summed E-state index contributed by atoms with van der Waals surface area (Å²) >= 11 is 0. The Labute approximate surface area is 155 Å². The van der Waals surface area contributed by atoms with Gasteiger partial charge in [0.2, 0.25) is 0 Å². The second-order valence-electron chi connectivity index (χ2n) is 7.81. The number of anilines is 1. The van der Waals surface area contributed by atoms with Crippen LogP contribution in [0.2, 0.25) is 0 Å². The van der Waals surface area contributed by atoms with Gasteiger partial charge in [-0.25, -0.2) is 14.6 Å². The molecule has 0 radical (unpaired) electrons. The van der Waals surface area contributed by atoms with Gasteiger partial charge in [0.15, 0.2) is 0 Å². The van der Waals surface area contributed by atoms with Gasteiger partial charge in [-0.15, -0.1) is 0 Å². The predicted octanol–water partition coefficient (Wildman–Crippen LogP) is 3.09. The van der Waals surface area contributed by atoms with E-state index >= 15 is 0 Å². The molecule has 2 rings (SSSR count). The first-order chi connectivity index (χ1) is 12.1. The maximum Gasteiger partial charge on any atom is 0.410 e. The number of likely N-dealkylation sites (tertiary alicyclic amines) is 1. The van der Waals surface area contributed by atoms with Gasteiger partial charge in [-0.05, 0) is 53.2 Å². The number of nitrogens with zero attached hydrogens (tertiary/aromatic N) is 3. The van der Waals surface area contributed by atoms with Crippen LogP contribution in [-0.2, 0) is 9.47 Å². The fraction of sp³-hybridized carbons (Fsp3) is 0.632. The second-order valence-corrected chi connectivity index (χ2v) is 7.81. The molecule has 0 unspecified atom stereocenters. The van der Waals surface area contributed by atoms with E-state index in [1.807, 2.05) is 46.6 Å². The van der Waals surface area contributed by atoms with E-state index in [9.17, 15) is 9.59 Å². The van der Waals surface area contributed by atoms with Crippen LogP contribution >= 0.6 is 0 Å². The molecular weight excluding hydrogens is 334 g/mol. The number of ether oxygens (including phenoxy) is 2. The number of hydrogen-bond donors (Lipinski definition) is 0. The molecule has 7 nitrogen and oxygen atoms in total. The number of hydrogen-bond acceptors (Lipinski definition) is 6. The third-order valence-electron chi connectivity index (χ3n) is 4.05. The SMILES string of the molecule is CC(C)OC(=O)c1cccnc1N(C)[C@@H]1CCN(C(=O)OC(C)(C)C)C1. The molecule has 0 saturated carbocycles. The van der Waals surface area contributed by atoms with E-state index in [1.165, 1.54) is 0 Å². The van der Waals surface area contributed by atoms with Gasteiger partial charge in [0.1, 0.15) is 17.0 Å². The van der Waals surface area contributed by atoms with Crippen molar-refractivity contribution in [2.24, 2.45) is 0 Å². The van der Waals surface area contributed by atoms with E-state index in [0.29, 0.717) is 24.5 Å². The molecule has 1 aliphatic heterocycles. The van der Waals surface area contributed by atoms with Crippen molar-refractivity contribution >= 4 is 17.9 Å². The predicted molar refractivity (Wildman–Crippen MR) is 99.4 cm³/mol. The van der Waals surface area contributed by atoms with Crippen molar-refractivity contribution < 1.29 is 19.1 Å². The fourth-order valence-corrected chi connectivity index (χ4v) is 2.84. The Morgan fingerprint density at radius 2 is 2.04 bits per heavy atom. The van der Waals surface area contributed by atoms with Crippen LogP contribution in [0, 0.1) is 0 Å². The lowest BCUT2D eigenvalue weighted by atomic mass is 10.2. The van der Waals surface area contributed by atoms with Gasteiger partial charge < -0.3 is 19.3 Å². The molecule has 1 amide bonds. The monoisotopic (exact) mass is 363 g/mol.